The fourth-order valence-corrected chi connectivity index (χ4v) is 2.22. The summed E-state index contributed by atoms with van der Waals surface area (Å²) >= 11 is 0. The molecule has 0 spiro atoms. The van der Waals surface area contributed by atoms with Gasteiger partial charge in [-0.2, -0.15) is 0 Å². The molecule has 1 aromatic heterocycles. The highest BCUT2D eigenvalue weighted by Gasteiger charge is 2.47. The van der Waals surface area contributed by atoms with Crippen LogP contribution in [0.3, 0.4) is 0 Å². The van der Waals surface area contributed by atoms with Crippen molar-refractivity contribution >= 4 is 0 Å². The summed E-state index contributed by atoms with van der Waals surface area (Å²) in [5, 5.41) is 9.99. The van der Waals surface area contributed by atoms with Crippen molar-refractivity contribution < 1.29 is 9.84 Å². The minimum absolute atomic E-state index is 0.228. The van der Waals surface area contributed by atoms with Gasteiger partial charge in [-0.25, -0.2) is 4.79 Å². The van der Waals surface area contributed by atoms with Gasteiger partial charge in [0.05, 0.1) is 11.7 Å². The molecule has 2 N–H and O–H groups in total. The van der Waals surface area contributed by atoms with Gasteiger partial charge in [-0.1, -0.05) is 6.92 Å². The molecular weight excluding hydrogens is 224 g/mol. The van der Waals surface area contributed by atoms with E-state index >= 15 is 0 Å². The van der Waals surface area contributed by atoms with Gasteiger partial charge in [-0.05, 0) is 13.8 Å². The van der Waals surface area contributed by atoms with E-state index < -0.39 is 29.2 Å². The number of hydrogen-bond acceptors (Lipinski definition) is 4. The summed E-state index contributed by atoms with van der Waals surface area (Å²) in [7, 11) is 0. The molecule has 0 aromatic carbocycles. The van der Waals surface area contributed by atoms with Crippen molar-refractivity contribution in [3.63, 3.8) is 0 Å². The first-order chi connectivity index (χ1) is 7.83. The molecule has 2 rings (SSSR count). The lowest BCUT2D eigenvalue weighted by Crippen LogP contribution is -2.34. The molecule has 6 nitrogen and oxygen atoms in total. The van der Waals surface area contributed by atoms with Crippen LogP contribution in [0.25, 0.3) is 0 Å². The van der Waals surface area contributed by atoms with Crippen LogP contribution in [0.5, 0.6) is 0 Å². The molecule has 0 unspecified atom stereocenters. The number of aliphatic hydroxyl groups is 1. The Morgan fingerprint density at radius 3 is 2.59 bits per heavy atom. The first-order valence-corrected chi connectivity index (χ1v) is 5.50. The van der Waals surface area contributed by atoms with Crippen molar-refractivity contribution in [3.05, 3.63) is 33.1 Å². The Kier molecular flexibility index (Phi) is 2.71. The number of hydrogen-bond donors (Lipinski definition) is 2. The highest BCUT2D eigenvalue weighted by molar-refractivity contribution is 4.95. The second kappa shape index (κ2) is 3.82. The lowest BCUT2D eigenvalue weighted by molar-refractivity contribution is -0.0804. The van der Waals surface area contributed by atoms with Crippen molar-refractivity contribution in [1.29, 1.82) is 0 Å². The Morgan fingerprint density at radius 2 is 2.12 bits per heavy atom. The minimum Gasteiger partial charge on any atom is -0.390 e. The van der Waals surface area contributed by atoms with Gasteiger partial charge in [0.25, 0.3) is 5.56 Å². The van der Waals surface area contributed by atoms with E-state index in [1.807, 2.05) is 6.92 Å². The van der Waals surface area contributed by atoms with Gasteiger partial charge in [0.1, 0.15) is 6.23 Å². The summed E-state index contributed by atoms with van der Waals surface area (Å²) < 4.78 is 6.97. The maximum Gasteiger partial charge on any atom is 0.330 e. The quantitative estimate of drug-likeness (QED) is 0.714. The largest absolute Gasteiger partial charge is 0.390 e. The van der Waals surface area contributed by atoms with E-state index in [4.69, 9.17) is 4.74 Å². The van der Waals surface area contributed by atoms with E-state index in [0.29, 0.717) is 0 Å². The van der Waals surface area contributed by atoms with E-state index in [2.05, 4.69) is 4.98 Å². The topological polar surface area (TPSA) is 84.3 Å². The van der Waals surface area contributed by atoms with Crippen LogP contribution in [0, 0.1) is 5.92 Å². The first-order valence-electron chi connectivity index (χ1n) is 5.50. The van der Waals surface area contributed by atoms with Gasteiger partial charge >= 0.3 is 5.69 Å². The third-order valence-corrected chi connectivity index (χ3v) is 3.21. The monoisotopic (exact) mass is 240 g/mol. The van der Waals surface area contributed by atoms with Gasteiger partial charge in [0.2, 0.25) is 0 Å². The Bertz CT molecular complexity index is 531. The lowest BCUT2D eigenvalue weighted by atomic mass is 9.94. The zero-order valence-corrected chi connectivity index (χ0v) is 10.0. The van der Waals surface area contributed by atoms with Crippen molar-refractivity contribution in [2.24, 2.45) is 5.92 Å². The Morgan fingerprint density at radius 1 is 1.47 bits per heavy atom. The number of ether oxygens (including phenoxy) is 1. The molecule has 94 valence electrons. The number of nitrogens with one attached hydrogen (secondary N) is 1. The van der Waals surface area contributed by atoms with Crippen molar-refractivity contribution in [1.82, 2.24) is 9.55 Å². The Hall–Kier alpha value is -1.40. The maximum absolute atomic E-state index is 11.6. The van der Waals surface area contributed by atoms with Gasteiger partial charge < -0.3 is 9.84 Å². The van der Waals surface area contributed by atoms with Crippen LogP contribution in [-0.4, -0.2) is 26.4 Å². The standard InChI is InChI=1S/C11H16N2O4/c1-6-8(15)11(2,3)17-9(6)13-5-4-7(14)12-10(13)16/h4-6,8-9,15H,1-3H3,(H,12,14,16)/t6-,8-,9+/m0/s1. The molecular formula is C11H16N2O4. The summed E-state index contributed by atoms with van der Waals surface area (Å²) in [6.45, 7) is 5.34. The van der Waals surface area contributed by atoms with Gasteiger partial charge in [-0.3, -0.25) is 14.3 Å². The fourth-order valence-electron chi connectivity index (χ4n) is 2.22. The lowest BCUT2D eigenvalue weighted by Gasteiger charge is -2.22. The molecule has 0 bridgehead atoms. The van der Waals surface area contributed by atoms with Crippen LogP contribution in [0.1, 0.15) is 27.0 Å². The van der Waals surface area contributed by atoms with Crippen LogP contribution >= 0.6 is 0 Å². The first kappa shape index (κ1) is 12.1. The molecule has 0 amide bonds. The SMILES string of the molecule is C[C@@H]1[C@H](n2ccc(=O)[nH]c2=O)OC(C)(C)[C@H]1O. The number of aliphatic hydroxyl groups excluding tert-OH is 1. The third kappa shape index (κ3) is 1.94. The van der Waals surface area contributed by atoms with E-state index in [0.717, 1.165) is 0 Å². The highest BCUT2D eigenvalue weighted by atomic mass is 16.5. The van der Waals surface area contributed by atoms with Gasteiger partial charge in [0, 0.05) is 18.2 Å². The van der Waals surface area contributed by atoms with Gasteiger partial charge in [0.15, 0.2) is 0 Å². The average molecular weight is 240 g/mol. The molecule has 6 heteroatoms. The summed E-state index contributed by atoms with van der Waals surface area (Å²) in [6, 6.07) is 1.26. The molecule has 2 heterocycles. The molecule has 0 aliphatic carbocycles. The number of rotatable bonds is 1. The van der Waals surface area contributed by atoms with Crippen LogP contribution in [0.4, 0.5) is 0 Å². The molecule has 3 atom stereocenters. The summed E-state index contributed by atoms with van der Waals surface area (Å²) in [4.78, 5) is 24.8. The molecule has 0 radical (unpaired) electrons. The predicted octanol–water partition coefficient (Wildman–Crippen LogP) is -0.159. The normalized spacial score (nSPS) is 31.6. The zero-order chi connectivity index (χ0) is 12.8. The number of nitrogens with zero attached hydrogens (tertiary/aromatic N) is 1. The van der Waals surface area contributed by atoms with E-state index in [9.17, 15) is 14.7 Å². The molecule has 1 fully saturated rings. The van der Waals surface area contributed by atoms with E-state index in [-0.39, 0.29) is 5.92 Å². The maximum atomic E-state index is 11.6. The van der Waals surface area contributed by atoms with Crippen molar-refractivity contribution in [3.8, 4) is 0 Å². The molecule has 1 aliphatic heterocycles. The van der Waals surface area contributed by atoms with Crippen LogP contribution in [0.15, 0.2) is 21.9 Å². The summed E-state index contributed by atoms with van der Waals surface area (Å²) in [5.74, 6) is -0.228. The second-order valence-corrected chi connectivity index (χ2v) is 4.93. The van der Waals surface area contributed by atoms with Gasteiger partial charge in [-0.15, -0.1) is 0 Å². The summed E-state index contributed by atoms with van der Waals surface area (Å²) in [6.07, 6.45) is 0.159. The average Bonchev–Trinajstić information content (AvgIpc) is 2.42. The van der Waals surface area contributed by atoms with E-state index in [1.54, 1.807) is 13.8 Å². The van der Waals surface area contributed by atoms with Crippen molar-refractivity contribution in [2.75, 3.05) is 0 Å². The van der Waals surface area contributed by atoms with Crippen LogP contribution in [-0.2, 0) is 4.74 Å². The second-order valence-electron chi connectivity index (χ2n) is 4.93. The molecule has 1 aliphatic rings. The molecule has 1 aromatic rings. The Labute approximate surface area is 97.9 Å². The zero-order valence-electron chi connectivity index (χ0n) is 10.0. The highest BCUT2D eigenvalue weighted by Crippen LogP contribution is 2.39. The van der Waals surface area contributed by atoms with Crippen LogP contribution < -0.4 is 11.2 Å². The molecule has 0 saturated carbocycles. The number of H-pyrrole nitrogens is 1. The van der Waals surface area contributed by atoms with Crippen LogP contribution in [0.2, 0.25) is 0 Å². The minimum atomic E-state index is -0.709. The smallest absolute Gasteiger partial charge is 0.330 e. The third-order valence-electron chi connectivity index (χ3n) is 3.21. The number of aromatic amines is 1. The fraction of sp³-hybridized carbons (Fsp3) is 0.636. The molecule has 17 heavy (non-hydrogen) atoms. The predicted molar refractivity (Wildman–Crippen MR) is 60.7 cm³/mol. The molecule has 1 saturated heterocycles. The van der Waals surface area contributed by atoms with E-state index in [1.165, 1.54) is 16.8 Å². The summed E-state index contributed by atoms with van der Waals surface area (Å²) in [5.41, 5.74) is -1.68. The number of aromatic nitrogens is 2. The Balaban J connectivity index is 2.43. The van der Waals surface area contributed by atoms with Crippen molar-refractivity contribution in [2.45, 2.75) is 38.7 Å².